The SMILES string of the molecule is Cc1ccc[n+](-c2ccccc2)c1.[Cl-]. The Morgan fingerprint density at radius 2 is 1.64 bits per heavy atom. The number of pyridine rings is 1. The van der Waals surface area contributed by atoms with E-state index in [-0.39, 0.29) is 12.4 Å². The first-order chi connectivity index (χ1) is 6.36. The van der Waals surface area contributed by atoms with Crippen molar-refractivity contribution >= 4 is 0 Å². The van der Waals surface area contributed by atoms with Gasteiger partial charge in [-0.2, -0.15) is 4.57 Å². The van der Waals surface area contributed by atoms with Crippen LogP contribution in [0, 0.1) is 6.92 Å². The third-order valence-corrected chi connectivity index (χ3v) is 2.00. The number of halogens is 1. The summed E-state index contributed by atoms with van der Waals surface area (Å²) in [6.45, 7) is 2.10. The quantitative estimate of drug-likeness (QED) is 0.541. The number of benzene rings is 1. The van der Waals surface area contributed by atoms with Crippen LogP contribution < -0.4 is 17.0 Å². The van der Waals surface area contributed by atoms with Crippen LogP contribution >= 0.6 is 0 Å². The molecule has 14 heavy (non-hydrogen) atoms. The third kappa shape index (κ3) is 2.33. The fourth-order valence-electron chi connectivity index (χ4n) is 1.35. The van der Waals surface area contributed by atoms with E-state index in [4.69, 9.17) is 0 Å². The second kappa shape index (κ2) is 4.77. The summed E-state index contributed by atoms with van der Waals surface area (Å²) in [5, 5.41) is 0. The van der Waals surface area contributed by atoms with Crippen molar-refractivity contribution < 1.29 is 17.0 Å². The summed E-state index contributed by atoms with van der Waals surface area (Å²) in [5.74, 6) is 0. The maximum atomic E-state index is 2.12. The standard InChI is InChI=1S/C12H12N.ClH/c1-11-6-5-9-13(10-11)12-7-3-2-4-8-12;/h2-10H,1H3;1H/q+1;/p-1. The molecule has 0 bridgehead atoms. The van der Waals surface area contributed by atoms with E-state index in [9.17, 15) is 0 Å². The molecule has 0 aliphatic carbocycles. The molecule has 1 heterocycles. The van der Waals surface area contributed by atoms with Gasteiger partial charge in [-0.05, 0) is 13.0 Å². The van der Waals surface area contributed by atoms with Gasteiger partial charge in [0.05, 0.1) is 0 Å². The molecule has 2 aromatic rings. The van der Waals surface area contributed by atoms with Crippen molar-refractivity contribution in [3.05, 3.63) is 60.4 Å². The Labute approximate surface area is 90.4 Å². The predicted octanol–water partition coefficient (Wildman–Crippen LogP) is -0.724. The summed E-state index contributed by atoms with van der Waals surface area (Å²) in [7, 11) is 0. The minimum atomic E-state index is 0. The zero-order valence-corrected chi connectivity index (χ0v) is 8.78. The summed E-state index contributed by atoms with van der Waals surface area (Å²) in [6, 6.07) is 14.5. The molecule has 0 radical (unpaired) electrons. The van der Waals surface area contributed by atoms with Crippen molar-refractivity contribution in [2.75, 3.05) is 0 Å². The van der Waals surface area contributed by atoms with Crippen molar-refractivity contribution in [2.24, 2.45) is 0 Å². The monoisotopic (exact) mass is 205 g/mol. The van der Waals surface area contributed by atoms with Crippen LogP contribution in [0.15, 0.2) is 54.9 Å². The molecule has 1 nitrogen and oxygen atoms in total. The van der Waals surface area contributed by atoms with Crippen LogP contribution in [0.3, 0.4) is 0 Å². The van der Waals surface area contributed by atoms with Crippen LogP contribution in [-0.4, -0.2) is 0 Å². The average Bonchev–Trinajstić information content (AvgIpc) is 2.19. The molecule has 0 unspecified atom stereocenters. The number of para-hydroxylation sites is 1. The molecule has 0 saturated heterocycles. The predicted molar refractivity (Wildman–Crippen MR) is 52.7 cm³/mol. The van der Waals surface area contributed by atoms with E-state index < -0.39 is 0 Å². The Balaban J connectivity index is 0.000000980. The Bertz CT molecular complexity index is 398. The number of hydrogen-bond donors (Lipinski definition) is 0. The van der Waals surface area contributed by atoms with Crippen molar-refractivity contribution in [1.82, 2.24) is 0 Å². The maximum absolute atomic E-state index is 2.12. The molecule has 0 amide bonds. The highest BCUT2D eigenvalue weighted by Gasteiger charge is 2.02. The molecule has 0 aliphatic heterocycles. The Morgan fingerprint density at radius 3 is 2.29 bits per heavy atom. The minimum Gasteiger partial charge on any atom is -1.00 e. The number of hydrogen-bond acceptors (Lipinski definition) is 0. The highest BCUT2D eigenvalue weighted by Crippen LogP contribution is 1.98. The zero-order chi connectivity index (χ0) is 9.10. The fraction of sp³-hybridized carbons (Fsp3) is 0.0833. The van der Waals surface area contributed by atoms with Crippen molar-refractivity contribution in [3.8, 4) is 5.69 Å². The zero-order valence-electron chi connectivity index (χ0n) is 8.02. The lowest BCUT2D eigenvalue weighted by Crippen LogP contribution is -3.00. The van der Waals surface area contributed by atoms with Gasteiger partial charge in [-0.3, -0.25) is 0 Å². The molecule has 1 aromatic carbocycles. The average molecular weight is 206 g/mol. The van der Waals surface area contributed by atoms with Gasteiger partial charge in [0.1, 0.15) is 0 Å². The highest BCUT2D eigenvalue weighted by atomic mass is 35.5. The van der Waals surface area contributed by atoms with Crippen LogP contribution in [0.5, 0.6) is 0 Å². The second-order valence-electron chi connectivity index (χ2n) is 3.12. The number of aromatic nitrogens is 1. The van der Waals surface area contributed by atoms with Gasteiger partial charge in [0, 0.05) is 23.8 Å². The summed E-state index contributed by atoms with van der Waals surface area (Å²) in [4.78, 5) is 0. The first-order valence-electron chi connectivity index (χ1n) is 4.39. The molecule has 1 aromatic heterocycles. The molecule has 2 heteroatoms. The van der Waals surface area contributed by atoms with Gasteiger partial charge < -0.3 is 12.4 Å². The molecule has 72 valence electrons. The van der Waals surface area contributed by atoms with Gasteiger partial charge in [0.15, 0.2) is 12.4 Å². The fourth-order valence-corrected chi connectivity index (χ4v) is 1.35. The van der Waals surface area contributed by atoms with Gasteiger partial charge in [0.25, 0.3) is 0 Å². The molecular weight excluding hydrogens is 194 g/mol. The molecule has 0 aliphatic rings. The van der Waals surface area contributed by atoms with E-state index in [1.165, 1.54) is 11.3 Å². The maximum Gasteiger partial charge on any atom is 0.210 e. The first kappa shape index (κ1) is 10.7. The molecule has 0 fully saturated rings. The van der Waals surface area contributed by atoms with Crippen LogP contribution in [0.25, 0.3) is 5.69 Å². The van der Waals surface area contributed by atoms with Gasteiger partial charge in [-0.25, -0.2) is 0 Å². The summed E-state index contributed by atoms with van der Waals surface area (Å²) >= 11 is 0. The van der Waals surface area contributed by atoms with Gasteiger partial charge in [-0.15, -0.1) is 0 Å². The van der Waals surface area contributed by atoms with Crippen molar-refractivity contribution in [1.29, 1.82) is 0 Å². The number of nitrogens with zero attached hydrogens (tertiary/aromatic N) is 1. The molecule has 0 N–H and O–H groups in total. The molecule has 0 saturated carbocycles. The van der Waals surface area contributed by atoms with Crippen LogP contribution in [-0.2, 0) is 0 Å². The molecular formula is C12H12ClN. The lowest BCUT2D eigenvalue weighted by atomic mass is 10.3. The van der Waals surface area contributed by atoms with E-state index >= 15 is 0 Å². The smallest absolute Gasteiger partial charge is 0.210 e. The van der Waals surface area contributed by atoms with E-state index in [1.54, 1.807) is 0 Å². The lowest BCUT2D eigenvalue weighted by Gasteiger charge is -1.94. The minimum absolute atomic E-state index is 0. The highest BCUT2D eigenvalue weighted by molar-refractivity contribution is 5.21. The normalized spacial score (nSPS) is 9.21. The third-order valence-electron chi connectivity index (χ3n) is 2.00. The van der Waals surface area contributed by atoms with Crippen LogP contribution in [0.4, 0.5) is 0 Å². The van der Waals surface area contributed by atoms with E-state index in [2.05, 4.69) is 48.1 Å². The Kier molecular flexibility index (Phi) is 3.66. The second-order valence-corrected chi connectivity index (χ2v) is 3.12. The molecule has 0 spiro atoms. The Morgan fingerprint density at radius 1 is 0.929 bits per heavy atom. The number of rotatable bonds is 1. The van der Waals surface area contributed by atoms with Gasteiger partial charge in [0.2, 0.25) is 5.69 Å². The van der Waals surface area contributed by atoms with E-state index in [0.717, 1.165) is 0 Å². The largest absolute Gasteiger partial charge is 1.00 e. The Hall–Kier alpha value is -1.34. The van der Waals surface area contributed by atoms with Crippen molar-refractivity contribution in [2.45, 2.75) is 6.92 Å². The van der Waals surface area contributed by atoms with Gasteiger partial charge >= 0.3 is 0 Å². The lowest BCUT2D eigenvalue weighted by molar-refractivity contribution is -0.596. The van der Waals surface area contributed by atoms with Crippen LogP contribution in [0.1, 0.15) is 5.56 Å². The van der Waals surface area contributed by atoms with Crippen molar-refractivity contribution in [3.63, 3.8) is 0 Å². The first-order valence-corrected chi connectivity index (χ1v) is 4.39. The summed E-state index contributed by atoms with van der Waals surface area (Å²) in [5.41, 5.74) is 2.47. The van der Waals surface area contributed by atoms with E-state index in [0.29, 0.717) is 0 Å². The summed E-state index contributed by atoms with van der Waals surface area (Å²) < 4.78 is 2.12. The molecule has 0 atom stereocenters. The number of aryl methyl sites for hydroxylation is 1. The summed E-state index contributed by atoms with van der Waals surface area (Å²) in [6.07, 6.45) is 4.18. The van der Waals surface area contributed by atoms with Crippen LogP contribution in [0.2, 0.25) is 0 Å². The van der Waals surface area contributed by atoms with E-state index in [1.807, 2.05) is 18.2 Å². The topological polar surface area (TPSA) is 3.88 Å². The molecule has 2 rings (SSSR count). The van der Waals surface area contributed by atoms with Gasteiger partial charge in [-0.1, -0.05) is 18.2 Å².